The van der Waals surface area contributed by atoms with Crippen LogP contribution in [0.4, 0.5) is 4.79 Å². The molecule has 0 spiro atoms. The molecule has 0 atom stereocenters. The molecule has 0 unspecified atom stereocenters. The zero-order chi connectivity index (χ0) is 21.6. The zero-order valence-corrected chi connectivity index (χ0v) is 18.1. The minimum Gasteiger partial charge on any atom is -0.489 e. The van der Waals surface area contributed by atoms with Crippen LogP contribution >= 0.6 is 11.8 Å². The van der Waals surface area contributed by atoms with E-state index in [1.54, 1.807) is 13.2 Å². The van der Waals surface area contributed by atoms with Crippen LogP contribution in [-0.4, -0.2) is 36.3 Å². The van der Waals surface area contributed by atoms with Crippen molar-refractivity contribution < 1.29 is 19.1 Å². The van der Waals surface area contributed by atoms with Crippen LogP contribution in [0.5, 0.6) is 5.75 Å². The van der Waals surface area contributed by atoms with Gasteiger partial charge < -0.3 is 9.47 Å². The highest BCUT2D eigenvalue weighted by Gasteiger charge is 2.34. The number of hydrogen-bond acceptors (Lipinski definition) is 5. The standard InChI is InChI=1S/C25H23NO4S/c1-29-15-5-14-26-24(27)23(31-25(26)28)16-18-10-12-21(13-11-18)30-17-20-8-4-7-19-6-2-3-9-22(19)20/h2-4,6-13,16H,5,14-15,17H2,1H3/b23-16+. The van der Waals surface area contributed by atoms with E-state index in [0.29, 0.717) is 31.1 Å². The largest absolute Gasteiger partial charge is 0.489 e. The van der Waals surface area contributed by atoms with E-state index < -0.39 is 0 Å². The van der Waals surface area contributed by atoms with Crippen molar-refractivity contribution in [2.24, 2.45) is 0 Å². The lowest BCUT2D eigenvalue weighted by atomic mass is 10.1. The van der Waals surface area contributed by atoms with E-state index in [1.165, 1.54) is 15.7 Å². The fourth-order valence-electron chi connectivity index (χ4n) is 3.45. The Kier molecular flexibility index (Phi) is 6.70. The lowest BCUT2D eigenvalue weighted by Gasteiger charge is -2.11. The summed E-state index contributed by atoms with van der Waals surface area (Å²) in [6.07, 6.45) is 2.38. The van der Waals surface area contributed by atoms with E-state index in [4.69, 9.17) is 9.47 Å². The second-order valence-electron chi connectivity index (χ2n) is 7.18. The first-order valence-electron chi connectivity index (χ1n) is 10.1. The molecule has 31 heavy (non-hydrogen) atoms. The molecule has 4 rings (SSSR count). The van der Waals surface area contributed by atoms with Gasteiger partial charge in [-0.1, -0.05) is 54.6 Å². The molecule has 1 saturated heterocycles. The maximum absolute atomic E-state index is 12.5. The molecule has 0 saturated carbocycles. The molecule has 3 aromatic rings. The third-order valence-corrected chi connectivity index (χ3v) is 5.96. The molecule has 0 aromatic heterocycles. The molecule has 1 aliphatic rings. The number of rotatable bonds is 8. The van der Waals surface area contributed by atoms with Crippen molar-refractivity contribution in [3.63, 3.8) is 0 Å². The molecular formula is C25H23NO4S. The van der Waals surface area contributed by atoms with Crippen LogP contribution in [0.25, 0.3) is 16.8 Å². The smallest absolute Gasteiger partial charge is 0.293 e. The highest BCUT2D eigenvalue weighted by molar-refractivity contribution is 8.18. The summed E-state index contributed by atoms with van der Waals surface area (Å²) in [5, 5.41) is 2.14. The fourth-order valence-corrected chi connectivity index (χ4v) is 4.32. The minimum absolute atomic E-state index is 0.234. The van der Waals surface area contributed by atoms with Gasteiger partial charge in [-0.3, -0.25) is 14.5 Å². The molecule has 5 nitrogen and oxygen atoms in total. The number of benzene rings is 3. The molecular weight excluding hydrogens is 410 g/mol. The summed E-state index contributed by atoms with van der Waals surface area (Å²) in [5.41, 5.74) is 1.98. The first kappa shape index (κ1) is 21.2. The Bertz CT molecular complexity index is 1120. The Morgan fingerprint density at radius 2 is 1.74 bits per heavy atom. The number of amides is 2. The van der Waals surface area contributed by atoms with Gasteiger partial charge in [-0.25, -0.2) is 0 Å². The van der Waals surface area contributed by atoms with Crippen molar-refractivity contribution in [2.45, 2.75) is 13.0 Å². The summed E-state index contributed by atoms with van der Waals surface area (Å²) in [4.78, 5) is 26.3. The molecule has 3 aromatic carbocycles. The van der Waals surface area contributed by atoms with E-state index in [1.807, 2.05) is 42.5 Å². The van der Waals surface area contributed by atoms with Crippen molar-refractivity contribution in [1.29, 1.82) is 0 Å². The van der Waals surface area contributed by atoms with Gasteiger partial charge in [-0.2, -0.15) is 0 Å². The van der Waals surface area contributed by atoms with Crippen molar-refractivity contribution in [2.75, 3.05) is 20.3 Å². The first-order chi connectivity index (χ1) is 15.2. The monoisotopic (exact) mass is 433 g/mol. The maximum Gasteiger partial charge on any atom is 0.293 e. The highest BCUT2D eigenvalue weighted by Crippen LogP contribution is 2.32. The van der Waals surface area contributed by atoms with Gasteiger partial charge in [0.1, 0.15) is 12.4 Å². The summed E-state index contributed by atoms with van der Waals surface area (Å²) >= 11 is 0.974. The number of carbonyl (C=O) groups excluding carboxylic acids is 2. The van der Waals surface area contributed by atoms with Crippen LogP contribution in [0.15, 0.2) is 71.6 Å². The van der Waals surface area contributed by atoms with Crippen LogP contribution in [-0.2, 0) is 16.1 Å². The normalized spacial score (nSPS) is 15.3. The highest BCUT2D eigenvalue weighted by atomic mass is 32.2. The number of ether oxygens (including phenoxy) is 2. The predicted molar refractivity (Wildman–Crippen MR) is 124 cm³/mol. The minimum atomic E-state index is -0.248. The van der Waals surface area contributed by atoms with Crippen molar-refractivity contribution in [3.05, 3.63) is 82.8 Å². The summed E-state index contributed by atoms with van der Waals surface area (Å²) in [7, 11) is 1.60. The molecule has 0 aliphatic carbocycles. The second-order valence-corrected chi connectivity index (χ2v) is 8.17. The topological polar surface area (TPSA) is 55.8 Å². The van der Waals surface area contributed by atoms with Crippen LogP contribution in [0.3, 0.4) is 0 Å². The lowest BCUT2D eigenvalue weighted by molar-refractivity contribution is -0.122. The quantitative estimate of drug-likeness (QED) is 0.347. The predicted octanol–water partition coefficient (Wildman–Crippen LogP) is 5.49. The average molecular weight is 434 g/mol. The molecule has 0 radical (unpaired) electrons. The van der Waals surface area contributed by atoms with Gasteiger partial charge in [0.2, 0.25) is 0 Å². The number of fused-ring (bicyclic) bond motifs is 1. The number of nitrogens with zero attached hydrogens (tertiary/aromatic N) is 1. The van der Waals surface area contributed by atoms with Crippen LogP contribution in [0.2, 0.25) is 0 Å². The second kappa shape index (κ2) is 9.81. The molecule has 0 N–H and O–H groups in total. The van der Waals surface area contributed by atoms with Gasteiger partial charge in [0, 0.05) is 20.3 Å². The summed E-state index contributed by atoms with van der Waals surface area (Å²) in [6, 6.07) is 22.0. The first-order valence-corrected chi connectivity index (χ1v) is 10.9. The molecule has 1 fully saturated rings. The van der Waals surface area contributed by atoms with E-state index >= 15 is 0 Å². The van der Waals surface area contributed by atoms with Gasteiger partial charge in [0.05, 0.1) is 4.91 Å². The number of carbonyl (C=O) groups is 2. The van der Waals surface area contributed by atoms with Crippen LogP contribution in [0.1, 0.15) is 17.5 Å². The third-order valence-electron chi connectivity index (χ3n) is 5.06. The van der Waals surface area contributed by atoms with Crippen molar-refractivity contribution in [1.82, 2.24) is 4.90 Å². The average Bonchev–Trinajstić information content (AvgIpc) is 3.06. The zero-order valence-electron chi connectivity index (χ0n) is 17.2. The molecule has 158 valence electrons. The summed E-state index contributed by atoms with van der Waals surface area (Å²) < 4.78 is 11.0. The summed E-state index contributed by atoms with van der Waals surface area (Å²) in [5.74, 6) is 0.500. The maximum atomic E-state index is 12.5. The van der Waals surface area contributed by atoms with E-state index in [-0.39, 0.29) is 11.1 Å². The van der Waals surface area contributed by atoms with E-state index in [2.05, 4.69) is 24.3 Å². The number of thioether (sulfide) groups is 1. The molecule has 1 aliphatic heterocycles. The Labute approximate surface area is 185 Å². The Morgan fingerprint density at radius 1 is 0.968 bits per heavy atom. The van der Waals surface area contributed by atoms with Gasteiger partial charge >= 0.3 is 0 Å². The van der Waals surface area contributed by atoms with Crippen molar-refractivity contribution in [3.8, 4) is 5.75 Å². The molecule has 6 heteroatoms. The van der Waals surface area contributed by atoms with Crippen molar-refractivity contribution >= 4 is 39.8 Å². The van der Waals surface area contributed by atoms with Gasteiger partial charge in [-0.15, -0.1) is 0 Å². The van der Waals surface area contributed by atoms with Crippen LogP contribution in [0, 0.1) is 0 Å². The molecule has 2 amide bonds. The van der Waals surface area contributed by atoms with E-state index in [9.17, 15) is 9.59 Å². The number of methoxy groups -OCH3 is 1. The van der Waals surface area contributed by atoms with E-state index in [0.717, 1.165) is 28.6 Å². The van der Waals surface area contributed by atoms with Gasteiger partial charge in [0.15, 0.2) is 0 Å². The molecule has 1 heterocycles. The number of imide groups is 1. The summed E-state index contributed by atoms with van der Waals surface area (Å²) in [6.45, 7) is 1.36. The van der Waals surface area contributed by atoms with Crippen LogP contribution < -0.4 is 4.74 Å². The number of hydrogen-bond donors (Lipinski definition) is 0. The lowest BCUT2D eigenvalue weighted by Crippen LogP contribution is -2.29. The Morgan fingerprint density at radius 3 is 2.55 bits per heavy atom. The SMILES string of the molecule is COCCCN1C(=O)S/C(=C/c2ccc(OCc3cccc4ccccc34)cc2)C1=O. The van der Waals surface area contributed by atoms with Gasteiger partial charge in [0.25, 0.3) is 11.1 Å². The molecule has 0 bridgehead atoms. The Hall–Kier alpha value is -3.09. The fraction of sp³-hybridized carbons (Fsp3) is 0.200. The third kappa shape index (κ3) is 4.98. The van der Waals surface area contributed by atoms with Gasteiger partial charge in [-0.05, 0) is 58.3 Å². The Balaban J connectivity index is 1.40.